The molecule has 0 unspecified atom stereocenters. The third-order valence-electron chi connectivity index (χ3n) is 2.41. The Hall–Kier alpha value is -2.36. The molecule has 2 N–H and O–H groups in total. The van der Waals surface area contributed by atoms with Crippen molar-refractivity contribution in [2.45, 2.75) is 0 Å². The van der Waals surface area contributed by atoms with Crippen LogP contribution in [0.3, 0.4) is 0 Å². The molecule has 0 aliphatic carbocycles. The molecule has 2 heterocycles. The summed E-state index contributed by atoms with van der Waals surface area (Å²) >= 11 is 0. The SMILES string of the molecule is c1ccc2c(Nc3ccncc3)n[nH]c2c1. The molecule has 3 rings (SSSR count). The summed E-state index contributed by atoms with van der Waals surface area (Å²) in [5, 5.41) is 11.5. The Kier molecular flexibility index (Phi) is 2.04. The van der Waals surface area contributed by atoms with E-state index in [0.717, 1.165) is 22.4 Å². The Morgan fingerprint density at radius 3 is 2.69 bits per heavy atom. The zero-order valence-electron chi connectivity index (χ0n) is 8.51. The monoisotopic (exact) mass is 210 g/mol. The number of hydrogen-bond acceptors (Lipinski definition) is 3. The average Bonchev–Trinajstić information content (AvgIpc) is 2.74. The summed E-state index contributed by atoms with van der Waals surface area (Å²) in [5.41, 5.74) is 2.01. The van der Waals surface area contributed by atoms with Crippen LogP contribution in [0.25, 0.3) is 10.9 Å². The summed E-state index contributed by atoms with van der Waals surface area (Å²) in [6.07, 6.45) is 3.49. The largest absolute Gasteiger partial charge is 0.338 e. The van der Waals surface area contributed by atoms with E-state index in [4.69, 9.17) is 0 Å². The van der Waals surface area contributed by atoms with E-state index >= 15 is 0 Å². The van der Waals surface area contributed by atoms with Crippen molar-refractivity contribution < 1.29 is 0 Å². The van der Waals surface area contributed by atoms with E-state index in [-0.39, 0.29) is 0 Å². The molecule has 4 heteroatoms. The van der Waals surface area contributed by atoms with Crippen molar-refractivity contribution in [3.05, 3.63) is 48.8 Å². The predicted molar refractivity (Wildman–Crippen MR) is 63.6 cm³/mol. The second kappa shape index (κ2) is 3.66. The Labute approximate surface area is 92.3 Å². The minimum atomic E-state index is 0.835. The number of anilines is 2. The third-order valence-corrected chi connectivity index (χ3v) is 2.41. The highest BCUT2D eigenvalue weighted by Crippen LogP contribution is 2.22. The molecule has 1 aromatic carbocycles. The molecule has 0 saturated heterocycles. The molecule has 0 radical (unpaired) electrons. The van der Waals surface area contributed by atoms with Gasteiger partial charge in [-0.3, -0.25) is 10.1 Å². The maximum Gasteiger partial charge on any atom is 0.160 e. The minimum Gasteiger partial charge on any atom is -0.338 e. The maximum absolute atomic E-state index is 4.23. The lowest BCUT2D eigenvalue weighted by Gasteiger charge is -2.01. The zero-order chi connectivity index (χ0) is 10.8. The zero-order valence-corrected chi connectivity index (χ0v) is 8.51. The van der Waals surface area contributed by atoms with Crippen LogP contribution in [-0.4, -0.2) is 15.2 Å². The first-order chi connectivity index (χ1) is 7.93. The molecule has 0 atom stereocenters. The van der Waals surface area contributed by atoms with Gasteiger partial charge < -0.3 is 5.32 Å². The van der Waals surface area contributed by atoms with E-state index in [9.17, 15) is 0 Å². The van der Waals surface area contributed by atoms with Crippen LogP contribution in [0.4, 0.5) is 11.5 Å². The lowest BCUT2D eigenvalue weighted by molar-refractivity contribution is 1.12. The van der Waals surface area contributed by atoms with Gasteiger partial charge in [-0.1, -0.05) is 12.1 Å². The van der Waals surface area contributed by atoms with Gasteiger partial charge in [-0.25, -0.2) is 0 Å². The fourth-order valence-corrected chi connectivity index (χ4v) is 1.63. The van der Waals surface area contributed by atoms with Gasteiger partial charge in [0.1, 0.15) is 0 Å². The summed E-state index contributed by atoms with van der Waals surface area (Å²) in [6.45, 7) is 0. The van der Waals surface area contributed by atoms with Gasteiger partial charge in [-0.2, -0.15) is 5.10 Å². The van der Waals surface area contributed by atoms with Gasteiger partial charge in [0.25, 0.3) is 0 Å². The summed E-state index contributed by atoms with van der Waals surface area (Å²) < 4.78 is 0. The van der Waals surface area contributed by atoms with Crippen LogP contribution in [0.2, 0.25) is 0 Å². The van der Waals surface area contributed by atoms with Gasteiger partial charge in [-0.15, -0.1) is 0 Å². The smallest absolute Gasteiger partial charge is 0.160 e. The van der Waals surface area contributed by atoms with Crippen LogP contribution in [0.5, 0.6) is 0 Å². The molecule has 2 aromatic heterocycles. The van der Waals surface area contributed by atoms with E-state index in [0.29, 0.717) is 0 Å². The molecule has 0 amide bonds. The van der Waals surface area contributed by atoms with Crippen molar-refractivity contribution in [3.63, 3.8) is 0 Å². The summed E-state index contributed by atoms with van der Waals surface area (Å²) in [4.78, 5) is 3.97. The topological polar surface area (TPSA) is 53.6 Å². The van der Waals surface area contributed by atoms with Gasteiger partial charge in [-0.05, 0) is 24.3 Å². The van der Waals surface area contributed by atoms with Crippen LogP contribution in [0.1, 0.15) is 0 Å². The number of aromatic amines is 1. The first kappa shape index (κ1) is 8.91. The van der Waals surface area contributed by atoms with Crippen molar-refractivity contribution in [1.29, 1.82) is 0 Å². The van der Waals surface area contributed by atoms with Crippen LogP contribution in [0.15, 0.2) is 48.8 Å². The molecule has 0 spiro atoms. The van der Waals surface area contributed by atoms with Crippen molar-refractivity contribution in [2.75, 3.05) is 5.32 Å². The number of nitrogens with one attached hydrogen (secondary N) is 2. The van der Waals surface area contributed by atoms with Crippen molar-refractivity contribution in [1.82, 2.24) is 15.2 Å². The van der Waals surface area contributed by atoms with Gasteiger partial charge in [0.15, 0.2) is 5.82 Å². The Morgan fingerprint density at radius 1 is 1.00 bits per heavy atom. The van der Waals surface area contributed by atoms with Crippen LogP contribution in [-0.2, 0) is 0 Å². The lowest BCUT2D eigenvalue weighted by Crippen LogP contribution is -1.90. The molecular formula is C12H10N4. The maximum atomic E-state index is 4.23. The number of hydrogen-bond donors (Lipinski definition) is 2. The summed E-state index contributed by atoms with van der Waals surface area (Å²) in [5.74, 6) is 0.835. The number of para-hydroxylation sites is 1. The minimum absolute atomic E-state index is 0.835. The summed E-state index contributed by atoms with van der Waals surface area (Å²) in [7, 11) is 0. The van der Waals surface area contributed by atoms with E-state index in [1.807, 2.05) is 36.4 Å². The first-order valence-electron chi connectivity index (χ1n) is 5.03. The van der Waals surface area contributed by atoms with Crippen LogP contribution >= 0.6 is 0 Å². The average molecular weight is 210 g/mol. The highest BCUT2D eigenvalue weighted by molar-refractivity contribution is 5.91. The number of H-pyrrole nitrogens is 1. The number of pyridine rings is 1. The second-order valence-electron chi connectivity index (χ2n) is 3.48. The molecule has 16 heavy (non-hydrogen) atoms. The molecule has 3 aromatic rings. The Bertz CT molecular complexity index is 600. The molecule has 0 fully saturated rings. The number of fused-ring (bicyclic) bond motifs is 1. The van der Waals surface area contributed by atoms with Gasteiger partial charge >= 0.3 is 0 Å². The molecule has 0 aliphatic rings. The summed E-state index contributed by atoms with van der Waals surface area (Å²) in [6, 6.07) is 11.8. The van der Waals surface area contributed by atoms with Crippen LogP contribution in [0, 0.1) is 0 Å². The van der Waals surface area contributed by atoms with Crippen LogP contribution < -0.4 is 5.32 Å². The highest BCUT2D eigenvalue weighted by Gasteiger charge is 2.03. The number of rotatable bonds is 2. The van der Waals surface area contributed by atoms with E-state index < -0.39 is 0 Å². The number of benzene rings is 1. The fraction of sp³-hybridized carbons (Fsp3) is 0. The van der Waals surface area contributed by atoms with Crippen molar-refractivity contribution in [2.24, 2.45) is 0 Å². The second-order valence-corrected chi connectivity index (χ2v) is 3.48. The Morgan fingerprint density at radius 2 is 1.81 bits per heavy atom. The number of nitrogens with zero attached hydrogens (tertiary/aromatic N) is 2. The van der Waals surface area contributed by atoms with Crippen molar-refractivity contribution >= 4 is 22.4 Å². The lowest BCUT2D eigenvalue weighted by atomic mass is 10.2. The highest BCUT2D eigenvalue weighted by atomic mass is 15.2. The van der Waals surface area contributed by atoms with E-state index in [1.165, 1.54) is 0 Å². The quantitative estimate of drug-likeness (QED) is 0.683. The first-order valence-corrected chi connectivity index (χ1v) is 5.03. The van der Waals surface area contributed by atoms with Gasteiger partial charge in [0.2, 0.25) is 0 Å². The molecule has 4 nitrogen and oxygen atoms in total. The predicted octanol–water partition coefficient (Wildman–Crippen LogP) is 2.70. The fourth-order valence-electron chi connectivity index (χ4n) is 1.63. The van der Waals surface area contributed by atoms with E-state index in [1.54, 1.807) is 12.4 Å². The third kappa shape index (κ3) is 1.50. The van der Waals surface area contributed by atoms with Crippen molar-refractivity contribution in [3.8, 4) is 0 Å². The van der Waals surface area contributed by atoms with Gasteiger partial charge in [0.05, 0.1) is 5.52 Å². The standard InChI is InChI=1S/C12H10N4/c1-2-4-11-10(3-1)12(16-15-11)14-9-5-7-13-8-6-9/h1-8H,(H2,13,14,15,16). The molecule has 0 saturated carbocycles. The molecular weight excluding hydrogens is 200 g/mol. The van der Waals surface area contributed by atoms with Gasteiger partial charge in [0, 0.05) is 23.5 Å². The van der Waals surface area contributed by atoms with E-state index in [2.05, 4.69) is 20.5 Å². The molecule has 0 aliphatic heterocycles. The Balaban J connectivity index is 2.01. The normalized spacial score (nSPS) is 10.5. The molecule has 78 valence electrons. The molecule has 0 bridgehead atoms. The number of aromatic nitrogens is 3.